The summed E-state index contributed by atoms with van der Waals surface area (Å²) in [7, 11) is -3.24. The van der Waals surface area contributed by atoms with E-state index in [-0.39, 0.29) is 10.8 Å². The van der Waals surface area contributed by atoms with Crippen LogP contribution in [0, 0.1) is 11.3 Å². The maximum Gasteiger partial charge on any atom is 0.251 e. The number of carbonyl (C=O) groups is 1. The van der Waals surface area contributed by atoms with E-state index in [0.29, 0.717) is 24.9 Å². The zero-order valence-corrected chi connectivity index (χ0v) is 10.8. The van der Waals surface area contributed by atoms with Crippen LogP contribution in [0.2, 0.25) is 0 Å². The Morgan fingerprint density at radius 1 is 1.33 bits per heavy atom. The molecular formula is C12H14N2O3S. The number of rotatable bonds is 5. The fourth-order valence-corrected chi connectivity index (χ4v) is 1.96. The summed E-state index contributed by atoms with van der Waals surface area (Å²) < 4.78 is 22.5. The molecule has 0 saturated heterocycles. The number of amides is 1. The van der Waals surface area contributed by atoms with Gasteiger partial charge < -0.3 is 5.32 Å². The fourth-order valence-electron chi connectivity index (χ4n) is 1.32. The Hall–Kier alpha value is -1.87. The molecule has 6 heteroatoms. The molecule has 1 aromatic carbocycles. The molecule has 0 atom stereocenters. The molecule has 1 rings (SSSR count). The van der Waals surface area contributed by atoms with Crippen molar-refractivity contribution in [1.82, 2.24) is 5.32 Å². The standard InChI is InChI=1S/C12H14N2O3S/c1-18(16,17)11-6-4-10(5-7-11)12(15)14-9-3-2-8-13/h4-7H,2-3,9H2,1H3,(H,14,15). The van der Waals surface area contributed by atoms with E-state index in [1.165, 1.54) is 24.3 Å². The molecule has 0 aromatic heterocycles. The summed E-state index contributed by atoms with van der Waals surface area (Å²) in [5, 5.41) is 11.0. The highest BCUT2D eigenvalue weighted by Gasteiger charge is 2.09. The van der Waals surface area contributed by atoms with Crippen LogP contribution in [-0.2, 0) is 9.84 Å². The first kappa shape index (κ1) is 14.2. The third kappa shape index (κ3) is 4.18. The van der Waals surface area contributed by atoms with E-state index < -0.39 is 9.84 Å². The van der Waals surface area contributed by atoms with Crippen molar-refractivity contribution in [2.24, 2.45) is 0 Å². The van der Waals surface area contributed by atoms with Gasteiger partial charge in [0.25, 0.3) is 5.91 Å². The molecule has 0 heterocycles. The van der Waals surface area contributed by atoms with Gasteiger partial charge in [-0.2, -0.15) is 5.26 Å². The van der Waals surface area contributed by atoms with Gasteiger partial charge in [0.05, 0.1) is 11.0 Å². The number of benzene rings is 1. The Labute approximate surface area is 106 Å². The molecule has 0 radical (unpaired) electrons. The first-order valence-electron chi connectivity index (χ1n) is 5.40. The highest BCUT2D eigenvalue weighted by atomic mass is 32.2. The van der Waals surface area contributed by atoms with E-state index in [1.807, 2.05) is 6.07 Å². The average molecular weight is 266 g/mol. The lowest BCUT2D eigenvalue weighted by molar-refractivity contribution is 0.0953. The van der Waals surface area contributed by atoms with Gasteiger partial charge in [-0.3, -0.25) is 4.79 Å². The van der Waals surface area contributed by atoms with Crippen LogP contribution in [-0.4, -0.2) is 27.1 Å². The molecule has 96 valence electrons. The second-order valence-corrected chi connectivity index (χ2v) is 5.83. The normalized spacial score (nSPS) is 10.7. The predicted octanol–water partition coefficient (Wildman–Crippen LogP) is 1.12. The van der Waals surface area contributed by atoms with Crippen LogP contribution >= 0.6 is 0 Å². The molecule has 18 heavy (non-hydrogen) atoms. The molecule has 5 nitrogen and oxygen atoms in total. The molecule has 0 saturated carbocycles. The smallest absolute Gasteiger partial charge is 0.251 e. The predicted molar refractivity (Wildman–Crippen MR) is 66.7 cm³/mol. The lowest BCUT2D eigenvalue weighted by Crippen LogP contribution is -2.24. The van der Waals surface area contributed by atoms with Crippen LogP contribution in [0.4, 0.5) is 0 Å². The summed E-state index contributed by atoms with van der Waals surface area (Å²) >= 11 is 0. The molecule has 1 aromatic rings. The van der Waals surface area contributed by atoms with E-state index in [4.69, 9.17) is 5.26 Å². The quantitative estimate of drug-likeness (QED) is 0.809. The second kappa shape index (κ2) is 6.17. The summed E-state index contributed by atoms with van der Waals surface area (Å²) in [6.45, 7) is 0.431. The topological polar surface area (TPSA) is 87.0 Å². The van der Waals surface area contributed by atoms with Crippen molar-refractivity contribution >= 4 is 15.7 Å². The fraction of sp³-hybridized carbons (Fsp3) is 0.333. The lowest BCUT2D eigenvalue weighted by Gasteiger charge is -2.04. The van der Waals surface area contributed by atoms with Crippen molar-refractivity contribution in [3.63, 3.8) is 0 Å². The molecule has 0 aliphatic carbocycles. The minimum absolute atomic E-state index is 0.184. The van der Waals surface area contributed by atoms with Crippen molar-refractivity contribution in [1.29, 1.82) is 5.26 Å². The summed E-state index contributed by atoms with van der Waals surface area (Å²) in [5.41, 5.74) is 0.402. The summed E-state index contributed by atoms with van der Waals surface area (Å²) in [4.78, 5) is 11.8. The third-order valence-corrected chi connectivity index (χ3v) is 3.42. The average Bonchev–Trinajstić information content (AvgIpc) is 2.33. The summed E-state index contributed by atoms with van der Waals surface area (Å²) in [5.74, 6) is -0.270. The molecule has 1 amide bonds. The number of nitrogens with zero attached hydrogens (tertiary/aromatic N) is 1. The second-order valence-electron chi connectivity index (χ2n) is 3.81. The number of nitriles is 1. The van der Waals surface area contributed by atoms with Gasteiger partial charge in [0, 0.05) is 24.8 Å². The maximum absolute atomic E-state index is 11.6. The van der Waals surface area contributed by atoms with Crippen molar-refractivity contribution < 1.29 is 13.2 Å². The molecule has 0 bridgehead atoms. The zero-order chi connectivity index (χ0) is 13.6. The summed E-state index contributed by atoms with van der Waals surface area (Å²) in [6.07, 6.45) is 2.11. The first-order chi connectivity index (χ1) is 8.45. The third-order valence-electron chi connectivity index (χ3n) is 2.30. The van der Waals surface area contributed by atoms with Gasteiger partial charge in [0.15, 0.2) is 9.84 Å². The van der Waals surface area contributed by atoms with E-state index >= 15 is 0 Å². The lowest BCUT2D eigenvalue weighted by atomic mass is 10.2. The van der Waals surface area contributed by atoms with Gasteiger partial charge in [0.2, 0.25) is 0 Å². The summed E-state index contributed by atoms with van der Waals surface area (Å²) in [6, 6.07) is 7.73. The highest BCUT2D eigenvalue weighted by Crippen LogP contribution is 2.10. The van der Waals surface area contributed by atoms with Crippen molar-refractivity contribution in [3.8, 4) is 6.07 Å². The van der Waals surface area contributed by atoms with Crippen LogP contribution in [0.1, 0.15) is 23.2 Å². The first-order valence-corrected chi connectivity index (χ1v) is 7.29. The van der Waals surface area contributed by atoms with Gasteiger partial charge in [-0.05, 0) is 30.7 Å². The van der Waals surface area contributed by atoms with Crippen LogP contribution in [0.15, 0.2) is 29.2 Å². The van der Waals surface area contributed by atoms with Crippen molar-refractivity contribution in [2.75, 3.05) is 12.8 Å². The zero-order valence-electron chi connectivity index (χ0n) is 10.0. The van der Waals surface area contributed by atoms with Crippen molar-refractivity contribution in [2.45, 2.75) is 17.7 Å². The molecule has 1 N–H and O–H groups in total. The Morgan fingerprint density at radius 3 is 2.44 bits per heavy atom. The van der Waals surface area contributed by atoms with Crippen LogP contribution in [0.5, 0.6) is 0 Å². The number of carbonyl (C=O) groups excluding carboxylic acids is 1. The van der Waals surface area contributed by atoms with Gasteiger partial charge >= 0.3 is 0 Å². The van der Waals surface area contributed by atoms with E-state index in [0.717, 1.165) is 6.26 Å². The van der Waals surface area contributed by atoms with Gasteiger partial charge in [-0.1, -0.05) is 0 Å². The minimum atomic E-state index is -3.24. The highest BCUT2D eigenvalue weighted by molar-refractivity contribution is 7.90. The Kier molecular flexibility index (Phi) is 4.86. The van der Waals surface area contributed by atoms with Gasteiger partial charge in [-0.15, -0.1) is 0 Å². The monoisotopic (exact) mass is 266 g/mol. The van der Waals surface area contributed by atoms with E-state index in [2.05, 4.69) is 5.32 Å². The number of unbranched alkanes of at least 4 members (excludes halogenated alkanes) is 1. The largest absolute Gasteiger partial charge is 0.352 e. The molecule has 0 unspecified atom stereocenters. The number of hydrogen-bond donors (Lipinski definition) is 1. The minimum Gasteiger partial charge on any atom is -0.352 e. The van der Waals surface area contributed by atoms with Crippen LogP contribution in [0.3, 0.4) is 0 Å². The van der Waals surface area contributed by atoms with Crippen LogP contribution < -0.4 is 5.32 Å². The molecule has 0 fully saturated rings. The molecule has 0 spiro atoms. The maximum atomic E-state index is 11.6. The van der Waals surface area contributed by atoms with Gasteiger partial charge in [-0.25, -0.2) is 8.42 Å². The molecular weight excluding hydrogens is 252 g/mol. The Bertz CT molecular complexity index is 556. The van der Waals surface area contributed by atoms with Crippen molar-refractivity contribution in [3.05, 3.63) is 29.8 Å². The van der Waals surface area contributed by atoms with E-state index in [9.17, 15) is 13.2 Å². The SMILES string of the molecule is CS(=O)(=O)c1ccc(C(=O)NCCCC#N)cc1. The number of sulfone groups is 1. The molecule has 0 aliphatic rings. The Balaban J connectivity index is 2.63. The molecule has 0 aliphatic heterocycles. The Morgan fingerprint density at radius 2 is 1.94 bits per heavy atom. The van der Waals surface area contributed by atoms with Gasteiger partial charge in [0.1, 0.15) is 0 Å². The van der Waals surface area contributed by atoms with E-state index in [1.54, 1.807) is 0 Å². The number of nitrogens with one attached hydrogen (secondary N) is 1. The van der Waals surface area contributed by atoms with Crippen LogP contribution in [0.25, 0.3) is 0 Å². The number of hydrogen-bond acceptors (Lipinski definition) is 4.